The molecule has 0 aliphatic rings. The fourth-order valence-electron chi connectivity index (χ4n) is 1.57. The van der Waals surface area contributed by atoms with Gasteiger partial charge in [0.1, 0.15) is 0 Å². The second-order valence-corrected chi connectivity index (χ2v) is 3.53. The third-order valence-corrected chi connectivity index (χ3v) is 2.38. The summed E-state index contributed by atoms with van der Waals surface area (Å²) in [6.45, 7) is 4.94. The van der Waals surface area contributed by atoms with Gasteiger partial charge in [0, 0.05) is 6.54 Å². The van der Waals surface area contributed by atoms with Crippen LogP contribution in [0, 0.1) is 0 Å². The first-order valence-electron chi connectivity index (χ1n) is 5.42. The lowest BCUT2D eigenvalue weighted by Crippen LogP contribution is -2.15. The molecule has 15 heavy (non-hydrogen) atoms. The molecule has 0 atom stereocenters. The number of amides is 1. The topological polar surface area (TPSA) is 73.8 Å². The van der Waals surface area contributed by atoms with Gasteiger partial charge >= 0.3 is 0 Å². The predicted molar refractivity (Wildman–Crippen MR) is 57.4 cm³/mol. The van der Waals surface area contributed by atoms with Gasteiger partial charge in [0.2, 0.25) is 0 Å². The molecule has 2 N–H and O–H groups in total. The van der Waals surface area contributed by atoms with Crippen LogP contribution in [0.2, 0.25) is 0 Å². The van der Waals surface area contributed by atoms with Gasteiger partial charge in [-0.2, -0.15) is 0 Å². The molecule has 1 heterocycles. The van der Waals surface area contributed by atoms with Gasteiger partial charge in [0.05, 0.1) is 5.69 Å². The van der Waals surface area contributed by atoms with E-state index in [-0.39, 0.29) is 0 Å². The fraction of sp³-hybridized carbons (Fsp3) is 0.700. The number of carbonyl (C=O) groups is 1. The predicted octanol–water partition coefficient (Wildman–Crippen LogP) is 1.13. The number of nitrogens with two attached hydrogens (primary N) is 1. The second-order valence-electron chi connectivity index (χ2n) is 3.53. The van der Waals surface area contributed by atoms with E-state index in [2.05, 4.69) is 17.2 Å². The van der Waals surface area contributed by atoms with E-state index in [1.165, 1.54) is 6.42 Å². The Balaban J connectivity index is 2.75. The third-order valence-electron chi connectivity index (χ3n) is 2.38. The number of carbonyl (C=O) groups excluding carboxylic acids is 1. The van der Waals surface area contributed by atoms with Crippen LogP contribution in [0.25, 0.3) is 0 Å². The number of hydrogen-bond donors (Lipinski definition) is 1. The average Bonchev–Trinajstić information content (AvgIpc) is 2.61. The summed E-state index contributed by atoms with van der Waals surface area (Å²) in [5, 5.41) is 7.75. The number of hydrogen-bond acceptors (Lipinski definition) is 3. The molecule has 0 spiro atoms. The Morgan fingerprint density at radius 1 is 1.40 bits per heavy atom. The molecule has 0 fully saturated rings. The van der Waals surface area contributed by atoms with Crippen LogP contribution in [0.4, 0.5) is 0 Å². The molecule has 0 aromatic carbocycles. The third kappa shape index (κ3) is 2.78. The van der Waals surface area contributed by atoms with Gasteiger partial charge in [0.15, 0.2) is 5.69 Å². The molecule has 0 aliphatic heterocycles. The minimum Gasteiger partial charge on any atom is -0.364 e. The summed E-state index contributed by atoms with van der Waals surface area (Å²) in [7, 11) is 0. The molecular formula is C10H18N4O. The first-order chi connectivity index (χ1) is 7.20. The van der Waals surface area contributed by atoms with E-state index < -0.39 is 5.91 Å². The van der Waals surface area contributed by atoms with Crippen molar-refractivity contribution in [3.05, 3.63) is 11.4 Å². The van der Waals surface area contributed by atoms with Crippen LogP contribution >= 0.6 is 0 Å². The van der Waals surface area contributed by atoms with E-state index >= 15 is 0 Å². The quantitative estimate of drug-likeness (QED) is 0.715. The lowest BCUT2D eigenvalue weighted by Gasteiger charge is -2.04. The lowest BCUT2D eigenvalue weighted by molar-refractivity contribution is 0.0994. The summed E-state index contributed by atoms with van der Waals surface area (Å²) in [4.78, 5) is 11.0. The molecule has 1 rings (SSSR count). The Labute approximate surface area is 89.6 Å². The molecule has 0 saturated carbocycles. The molecule has 1 aromatic rings. The monoisotopic (exact) mass is 210 g/mol. The summed E-state index contributed by atoms with van der Waals surface area (Å²) < 4.78 is 1.79. The molecule has 1 aromatic heterocycles. The number of rotatable bonds is 6. The Morgan fingerprint density at radius 2 is 2.13 bits per heavy atom. The molecule has 5 nitrogen and oxygen atoms in total. The highest BCUT2D eigenvalue weighted by Crippen LogP contribution is 2.07. The second kappa shape index (κ2) is 5.48. The molecule has 0 aliphatic carbocycles. The number of unbranched alkanes of at least 4 members (excludes halogenated alkanes) is 2. The summed E-state index contributed by atoms with van der Waals surface area (Å²) in [5.74, 6) is -0.492. The zero-order valence-electron chi connectivity index (χ0n) is 9.36. The Hall–Kier alpha value is -1.39. The molecule has 5 heteroatoms. The smallest absolute Gasteiger partial charge is 0.271 e. The number of aromatic nitrogens is 3. The maximum absolute atomic E-state index is 11.0. The van der Waals surface area contributed by atoms with Crippen LogP contribution in [0.3, 0.4) is 0 Å². The molecule has 1 amide bonds. The van der Waals surface area contributed by atoms with Crippen molar-refractivity contribution < 1.29 is 4.79 Å². The maximum atomic E-state index is 11.0. The van der Waals surface area contributed by atoms with Crippen molar-refractivity contribution in [3.8, 4) is 0 Å². The normalized spacial score (nSPS) is 10.5. The van der Waals surface area contributed by atoms with E-state index in [1.54, 1.807) is 4.68 Å². The van der Waals surface area contributed by atoms with E-state index in [4.69, 9.17) is 5.73 Å². The number of nitrogens with zero attached hydrogens (tertiary/aromatic N) is 3. The van der Waals surface area contributed by atoms with Crippen molar-refractivity contribution in [2.75, 3.05) is 0 Å². The van der Waals surface area contributed by atoms with Crippen molar-refractivity contribution in [1.29, 1.82) is 0 Å². The summed E-state index contributed by atoms with van der Waals surface area (Å²) in [6.07, 6.45) is 4.12. The summed E-state index contributed by atoms with van der Waals surface area (Å²) >= 11 is 0. The van der Waals surface area contributed by atoms with Gasteiger partial charge < -0.3 is 5.73 Å². The Kier molecular flexibility index (Phi) is 4.27. The van der Waals surface area contributed by atoms with Gasteiger partial charge in [0.25, 0.3) is 5.91 Å². The van der Waals surface area contributed by atoms with Crippen molar-refractivity contribution >= 4 is 5.91 Å². The highest BCUT2D eigenvalue weighted by molar-refractivity contribution is 5.91. The molecule has 0 unspecified atom stereocenters. The molecule has 0 saturated heterocycles. The van der Waals surface area contributed by atoms with Gasteiger partial charge in [-0.15, -0.1) is 5.10 Å². The summed E-state index contributed by atoms with van der Waals surface area (Å²) in [5.41, 5.74) is 6.36. The van der Waals surface area contributed by atoms with Crippen molar-refractivity contribution in [2.45, 2.75) is 46.1 Å². The van der Waals surface area contributed by atoms with Crippen LogP contribution in [-0.4, -0.2) is 20.9 Å². The Morgan fingerprint density at radius 3 is 2.67 bits per heavy atom. The zero-order valence-corrected chi connectivity index (χ0v) is 9.36. The van der Waals surface area contributed by atoms with Crippen LogP contribution < -0.4 is 5.73 Å². The van der Waals surface area contributed by atoms with Crippen molar-refractivity contribution in [3.63, 3.8) is 0 Å². The maximum Gasteiger partial charge on any atom is 0.271 e. The first kappa shape index (κ1) is 11.7. The van der Waals surface area contributed by atoms with E-state index in [0.717, 1.165) is 31.5 Å². The average molecular weight is 210 g/mol. The van der Waals surface area contributed by atoms with Crippen molar-refractivity contribution in [1.82, 2.24) is 15.0 Å². The number of primary amides is 1. The first-order valence-corrected chi connectivity index (χ1v) is 5.42. The summed E-state index contributed by atoms with van der Waals surface area (Å²) in [6, 6.07) is 0. The lowest BCUT2D eigenvalue weighted by atomic mass is 10.2. The van der Waals surface area contributed by atoms with Crippen LogP contribution in [0.5, 0.6) is 0 Å². The highest BCUT2D eigenvalue weighted by atomic mass is 16.1. The van der Waals surface area contributed by atoms with Crippen LogP contribution in [-0.2, 0) is 13.0 Å². The SMILES string of the molecule is CCCCCn1nnc(C(N)=O)c1CC. The van der Waals surface area contributed by atoms with E-state index in [1.807, 2.05) is 6.92 Å². The van der Waals surface area contributed by atoms with Gasteiger partial charge in [-0.05, 0) is 12.8 Å². The molecule has 0 bridgehead atoms. The highest BCUT2D eigenvalue weighted by Gasteiger charge is 2.14. The zero-order chi connectivity index (χ0) is 11.3. The van der Waals surface area contributed by atoms with E-state index in [0.29, 0.717) is 5.69 Å². The molecular weight excluding hydrogens is 192 g/mol. The van der Waals surface area contributed by atoms with Crippen LogP contribution in [0.15, 0.2) is 0 Å². The van der Waals surface area contributed by atoms with Gasteiger partial charge in [-0.3, -0.25) is 4.79 Å². The van der Waals surface area contributed by atoms with Gasteiger partial charge in [-0.1, -0.05) is 31.9 Å². The fourth-order valence-corrected chi connectivity index (χ4v) is 1.57. The van der Waals surface area contributed by atoms with Crippen LogP contribution in [0.1, 0.15) is 49.3 Å². The molecule has 84 valence electrons. The standard InChI is InChI=1S/C10H18N4O/c1-3-5-6-7-14-8(4-2)9(10(11)15)12-13-14/h3-7H2,1-2H3,(H2,11,15). The largest absolute Gasteiger partial charge is 0.364 e. The van der Waals surface area contributed by atoms with Crippen molar-refractivity contribution in [2.24, 2.45) is 5.73 Å². The van der Waals surface area contributed by atoms with E-state index in [9.17, 15) is 4.79 Å². The minimum absolute atomic E-state index is 0.314. The molecule has 0 radical (unpaired) electrons. The number of aryl methyl sites for hydroxylation is 1. The Bertz CT molecular complexity index is 332. The van der Waals surface area contributed by atoms with Gasteiger partial charge in [-0.25, -0.2) is 4.68 Å². The minimum atomic E-state index is -0.492.